The quantitative estimate of drug-likeness (QED) is 0.515. The molecule has 0 unspecified atom stereocenters. The van der Waals surface area contributed by atoms with Crippen LogP contribution in [0.5, 0.6) is 11.5 Å². The molecule has 34 heavy (non-hydrogen) atoms. The van der Waals surface area contributed by atoms with Gasteiger partial charge in [0.2, 0.25) is 0 Å². The minimum atomic E-state index is -0.372. The molecule has 2 N–H and O–H groups in total. The first kappa shape index (κ1) is 23.2. The summed E-state index contributed by atoms with van der Waals surface area (Å²) in [6.45, 7) is 7.15. The molecule has 0 saturated carbocycles. The topological polar surface area (TPSA) is 79.9 Å². The zero-order valence-corrected chi connectivity index (χ0v) is 19.6. The van der Waals surface area contributed by atoms with Gasteiger partial charge < -0.3 is 25.0 Å². The number of urea groups is 1. The lowest BCUT2D eigenvalue weighted by atomic mass is 9.87. The van der Waals surface area contributed by atoms with Crippen molar-refractivity contribution in [3.8, 4) is 11.5 Å². The van der Waals surface area contributed by atoms with Gasteiger partial charge in [0.25, 0.3) is 5.91 Å². The van der Waals surface area contributed by atoms with Gasteiger partial charge in [-0.15, -0.1) is 0 Å². The molecule has 0 aromatic heterocycles. The number of fused-ring (bicyclic) bond motifs is 1. The lowest BCUT2D eigenvalue weighted by Gasteiger charge is -2.29. The lowest BCUT2D eigenvalue weighted by molar-refractivity contribution is -0.121. The van der Waals surface area contributed by atoms with Gasteiger partial charge in [-0.25, -0.2) is 4.79 Å². The van der Waals surface area contributed by atoms with Crippen molar-refractivity contribution in [1.29, 1.82) is 0 Å². The van der Waals surface area contributed by atoms with Crippen LogP contribution in [0.2, 0.25) is 0 Å². The molecule has 1 heterocycles. The van der Waals surface area contributed by atoms with Gasteiger partial charge in [-0.1, -0.05) is 51.1 Å². The molecule has 0 saturated heterocycles. The second-order valence-electron chi connectivity index (χ2n) is 9.08. The summed E-state index contributed by atoms with van der Waals surface area (Å²) in [5.74, 6) is 1.18. The third-order valence-corrected chi connectivity index (χ3v) is 5.50. The number of carbonyl (C=O) groups is 2. The van der Waals surface area contributed by atoms with Crippen molar-refractivity contribution in [2.75, 3.05) is 35.3 Å². The van der Waals surface area contributed by atoms with Gasteiger partial charge in [-0.05, 0) is 53.4 Å². The van der Waals surface area contributed by atoms with Crippen LogP contribution in [0.1, 0.15) is 26.3 Å². The fourth-order valence-corrected chi connectivity index (χ4v) is 3.65. The van der Waals surface area contributed by atoms with E-state index in [4.69, 9.17) is 9.47 Å². The Labute approximate surface area is 199 Å². The normalized spacial score (nSPS) is 13.0. The van der Waals surface area contributed by atoms with Crippen molar-refractivity contribution in [2.45, 2.75) is 26.2 Å². The van der Waals surface area contributed by atoms with Crippen molar-refractivity contribution in [3.63, 3.8) is 0 Å². The molecule has 7 nitrogen and oxygen atoms in total. The summed E-state index contributed by atoms with van der Waals surface area (Å²) in [6.07, 6.45) is 0. The summed E-state index contributed by atoms with van der Waals surface area (Å²) in [7, 11) is 0. The summed E-state index contributed by atoms with van der Waals surface area (Å²) in [5.41, 5.74) is 3.14. The third-order valence-electron chi connectivity index (χ3n) is 5.50. The number of amides is 3. The van der Waals surface area contributed by atoms with E-state index < -0.39 is 0 Å². The van der Waals surface area contributed by atoms with E-state index in [0.717, 1.165) is 5.75 Å². The molecule has 1 aliphatic rings. The van der Waals surface area contributed by atoms with E-state index in [1.54, 1.807) is 35.2 Å². The molecular formula is C27H29N3O4. The number of anilines is 3. The standard InChI is InChI=1S/C27H29N3O4/c1-27(2,3)19-9-12-22(13-10-19)33-16-15-30-23-17-21(11-14-24(23)34-18-25(30)31)29-26(32)28-20-7-5-4-6-8-20/h4-14,17H,15-16,18H2,1-3H3,(H2,28,29,32). The fraction of sp³-hybridized carbons (Fsp3) is 0.259. The molecular weight excluding hydrogens is 430 g/mol. The highest BCUT2D eigenvalue weighted by molar-refractivity contribution is 6.02. The second kappa shape index (κ2) is 9.87. The van der Waals surface area contributed by atoms with Gasteiger partial charge in [0.1, 0.15) is 18.1 Å². The highest BCUT2D eigenvalue weighted by Gasteiger charge is 2.26. The highest BCUT2D eigenvalue weighted by atomic mass is 16.5. The van der Waals surface area contributed by atoms with E-state index in [1.807, 2.05) is 30.3 Å². The van der Waals surface area contributed by atoms with E-state index in [0.29, 0.717) is 36.0 Å². The monoisotopic (exact) mass is 459 g/mol. The van der Waals surface area contributed by atoms with E-state index in [9.17, 15) is 9.59 Å². The number of carbonyl (C=O) groups excluding carboxylic acids is 2. The third kappa shape index (κ3) is 5.67. The highest BCUT2D eigenvalue weighted by Crippen LogP contribution is 2.34. The summed E-state index contributed by atoms with van der Waals surface area (Å²) in [5, 5.41) is 5.57. The predicted molar refractivity (Wildman–Crippen MR) is 134 cm³/mol. The van der Waals surface area contributed by atoms with E-state index >= 15 is 0 Å². The Bertz CT molecular complexity index is 1150. The zero-order chi connectivity index (χ0) is 24.1. The van der Waals surface area contributed by atoms with Crippen LogP contribution in [0.4, 0.5) is 21.9 Å². The first-order chi connectivity index (χ1) is 16.3. The number of rotatable bonds is 6. The molecule has 0 atom stereocenters. The van der Waals surface area contributed by atoms with Gasteiger partial charge in [-0.2, -0.15) is 0 Å². The fourth-order valence-electron chi connectivity index (χ4n) is 3.65. The minimum Gasteiger partial charge on any atom is -0.492 e. The maximum absolute atomic E-state index is 12.6. The average Bonchev–Trinajstić information content (AvgIpc) is 2.81. The molecule has 1 aliphatic heterocycles. The first-order valence-corrected chi connectivity index (χ1v) is 11.2. The molecule has 0 aliphatic carbocycles. The number of para-hydroxylation sites is 1. The van der Waals surface area contributed by atoms with E-state index in [2.05, 4.69) is 43.5 Å². The van der Waals surface area contributed by atoms with Gasteiger partial charge >= 0.3 is 6.03 Å². The Balaban J connectivity index is 1.40. The minimum absolute atomic E-state index is 0.0332. The van der Waals surface area contributed by atoms with Crippen LogP contribution in [-0.4, -0.2) is 31.7 Å². The van der Waals surface area contributed by atoms with Gasteiger partial charge in [0, 0.05) is 11.4 Å². The average molecular weight is 460 g/mol. The van der Waals surface area contributed by atoms with E-state index in [1.165, 1.54) is 5.56 Å². The van der Waals surface area contributed by atoms with Crippen LogP contribution < -0.4 is 25.0 Å². The summed E-state index contributed by atoms with van der Waals surface area (Å²) in [6, 6.07) is 22.0. The number of benzene rings is 3. The van der Waals surface area contributed by atoms with Crippen LogP contribution in [0.3, 0.4) is 0 Å². The number of hydrogen-bond donors (Lipinski definition) is 2. The van der Waals surface area contributed by atoms with Crippen molar-refractivity contribution in [1.82, 2.24) is 0 Å². The lowest BCUT2D eigenvalue weighted by Crippen LogP contribution is -2.41. The summed E-state index contributed by atoms with van der Waals surface area (Å²) in [4.78, 5) is 26.6. The molecule has 0 fully saturated rings. The molecule has 0 radical (unpaired) electrons. The largest absolute Gasteiger partial charge is 0.492 e. The number of nitrogens with one attached hydrogen (secondary N) is 2. The van der Waals surface area contributed by atoms with Crippen LogP contribution in [0, 0.1) is 0 Å². The number of ether oxygens (including phenoxy) is 2. The zero-order valence-electron chi connectivity index (χ0n) is 19.6. The van der Waals surface area contributed by atoms with Crippen LogP contribution in [0.25, 0.3) is 0 Å². The molecule has 0 bridgehead atoms. The molecule has 176 valence electrons. The van der Waals surface area contributed by atoms with Crippen LogP contribution in [-0.2, 0) is 10.2 Å². The van der Waals surface area contributed by atoms with Crippen molar-refractivity contribution >= 4 is 29.0 Å². The first-order valence-electron chi connectivity index (χ1n) is 11.2. The molecule has 3 aromatic carbocycles. The van der Waals surface area contributed by atoms with Crippen LogP contribution >= 0.6 is 0 Å². The van der Waals surface area contributed by atoms with Crippen molar-refractivity contribution < 1.29 is 19.1 Å². The Morgan fingerprint density at radius 3 is 2.38 bits per heavy atom. The molecule has 3 aromatic rings. The van der Waals surface area contributed by atoms with Crippen molar-refractivity contribution in [2.24, 2.45) is 0 Å². The summed E-state index contributed by atoms with van der Waals surface area (Å²) >= 11 is 0. The van der Waals surface area contributed by atoms with Crippen LogP contribution in [0.15, 0.2) is 72.8 Å². The molecule has 7 heteroatoms. The molecule has 3 amide bonds. The van der Waals surface area contributed by atoms with Gasteiger partial charge in [-0.3, -0.25) is 4.79 Å². The van der Waals surface area contributed by atoms with Crippen molar-refractivity contribution in [3.05, 3.63) is 78.4 Å². The SMILES string of the molecule is CC(C)(C)c1ccc(OCCN2C(=O)COc3ccc(NC(=O)Nc4ccccc4)cc32)cc1. The van der Waals surface area contributed by atoms with Gasteiger partial charge in [0.15, 0.2) is 6.61 Å². The predicted octanol–water partition coefficient (Wildman–Crippen LogP) is 5.43. The van der Waals surface area contributed by atoms with Gasteiger partial charge in [0.05, 0.1) is 12.2 Å². The Hall–Kier alpha value is -4.00. The smallest absolute Gasteiger partial charge is 0.323 e. The maximum atomic E-state index is 12.6. The molecule has 0 spiro atoms. The molecule has 4 rings (SSSR count). The second-order valence-corrected chi connectivity index (χ2v) is 9.08. The Morgan fingerprint density at radius 2 is 1.68 bits per heavy atom. The maximum Gasteiger partial charge on any atom is 0.323 e. The number of hydrogen-bond acceptors (Lipinski definition) is 4. The van der Waals surface area contributed by atoms with E-state index in [-0.39, 0.29) is 24.0 Å². The Morgan fingerprint density at radius 1 is 0.971 bits per heavy atom. The number of nitrogens with zero attached hydrogens (tertiary/aromatic N) is 1. The Kier molecular flexibility index (Phi) is 6.72. The summed E-state index contributed by atoms with van der Waals surface area (Å²) < 4.78 is 11.5.